The minimum Gasteiger partial charge on any atom is -0.496 e. The van der Waals surface area contributed by atoms with Crippen molar-refractivity contribution in [2.24, 2.45) is 0 Å². The first-order valence-electron chi connectivity index (χ1n) is 8.75. The van der Waals surface area contributed by atoms with E-state index in [1.165, 1.54) is 7.11 Å². The predicted octanol–water partition coefficient (Wildman–Crippen LogP) is 2.84. The van der Waals surface area contributed by atoms with Crippen LogP contribution in [-0.4, -0.2) is 44.7 Å². The van der Waals surface area contributed by atoms with Gasteiger partial charge in [0.15, 0.2) is 11.6 Å². The standard InChI is InChI=1S/C21H18O7/c1-10-19-15(8-18(28-10)27-9-22)20(23)13-6-11-12(7-14(13)21(19)24)17(26-3)5-4-16(11)25-2/h4-7,9-10,18H,8H2,1-3H3. The van der Waals surface area contributed by atoms with Crippen LogP contribution in [0.1, 0.15) is 34.1 Å². The van der Waals surface area contributed by atoms with Crippen molar-refractivity contribution in [1.82, 2.24) is 0 Å². The predicted molar refractivity (Wildman–Crippen MR) is 98.8 cm³/mol. The van der Waals surface area contributed by atoms with Crippen LogP contribution in [0.5, 0.6) is 11.5 Å². The van der Waals surface area contributed by atoms with Crippen LogP contribution in [0.3, 0.4) is 0 Å². The zero-order chi connectivity index (χ0) is 20.0. The Morgan fingerprint density at radius 3 is 2.11 bits per heavy atom. The fourth-order valence-electron chi connectivity index (χ4n) is 3.92. The summed E-state index contributed by atoms with van der Waals surface area (Å²) in [7, 11) is 3.08. The minimum atomic E-state index is -0.889. The number of carbonyl (C=O) groups is 3. The largest absolute Gasteiger partial charge is 0.496 e. The van der Waals surface area contributed by atoms with Crippen molar-refractivity contribution in [1.29, 1.82) is 0 Å². The van der Waals surface area contributed by atoms with Crippen molar-refractivity contribution in [3.63, 3.8) is 0 Å². The van der Waals surface area contributed by atoms with Crippen molar-refractivity contribution >= 4 is 28.8 Å². The van der Waals surface area contributed by atoms with Gasteiger partial charge in [-0.15, -0.1) is 0 Å². The Labute approximate surface area is 160 Å². The van der Waals surface area contributed by atoms with Gasteiger partial charge in [0, 0.05) is 39.5 Å². The topological polar surface area (TPSA) is 88.1 Å². The fraction of sp³-hybridized carbons (Fsp3) is 0.286. The summed E-state index contributed by atoms with van der Waals surface area (Å²) in [6.45, 7) is 1.94. The van der Waals surface area contributed by atoms with Crippen molar-refractivity contribution in [3.8, 4) is 11.5 Å². The van der Waals surface area contributed by atoms with Crippen LogP contribution < -0.4 is 9.47 Å². The first kappa shape index (κ1) is 18.2. The molecule has 7 nitrogen and oxygen atoms in total. The molecule has 1 aliphatic carbocycles. The highest BCUT2D eigenvalue weighted by atomic mass is 16.7. The first-order valence-corrected chi connectivity index (χ1v) is 8.75. The Kier molecular flexibility index (Phi) is 4.39. The highest BCUT2D eigenvalue weighted by molar-refractivity contribution is 6.29. The highest BCUT2D eigenvalue weighted by Gasteiger charge is 2.40. The molecule has 2 atom stereocenters. The third-order valence-electron chi connectivity index (χ3n) is 5.19. The van der Waals surface area contributed by atoms with E-state index in [1.54, 1.807) is 38.3 Å². The molecule has 0 spiro atoms. The van der Waals surface area contributed by atoms with Gasteiger partial charge in [0.1, 0.15) is 11.5 Å². The van der Waals surface area contributed by atoms with Gasteiger partial charge >= 0.3 is 0 Å². The number of carbonyl (C=O) groups excluding carboxylic acids is 3. The molecule has 4 rings (SSSR count). The lowest BCUT2D eigenvalue weighted by atomic mass is 9.78. The van der Waals surface area contributed by atoms with Gasteiger partial charge in [0.05, 0.1) is 20.3 Å². The summed E-state index contributed by atoms with van der Waals surface area (Å²) in [5.41, 5.74) is 1.23. The lowest BCUT2D eigenvalue weighted by Gasteiger charge is -2.33. The molecule has 0 fully saturated rings. The number of rotatable bonds is 4. The number of hydrogen-bond acceptors (Lipinski definition) is 7. The molecule has 0 aromatic heterocycles. The van der Waals surface area contributed by atoms with Crippen LogP contribution in [0, 0.1) is 0 Å². The average Bonchev–Trinajstić information content (AvgIpc) is 2.70. The maximum atomic E-state index is 13.2. The van der Waals surface area contributed by atoms with E-state index < -0.39 is 12.4 Å². The molecule has 0 amide bonds. The van der Waals surface area contributed by atoms with Gasteiger partial charge in [-0.1, -0.05) is 0 Å². The highest BCUT2D eigenvalue weighted by Crippen LogP contribution is 2.41. The van der Waals surface area contributed by atoms with Gasteiger partial charge in [-0.2, -0.15) is 0 Å². The molecule has 1 aliphatic heterocycles. The van der Waals surface area contributed by atoms with Crippen molar-refractivity contribution in [2.75, 3.05) is 14.2 Å². The third-order valence-corrected chi connectivity index (χ3v) is 5.19. The number of fused-ring (bicyclic) bond motifs is 2. The van der Waals surface area contributed by atoms with E-state index >= 15 is 0 Å². The molecule has 0 saturated heterocycles. The van der Waals surface area contributed by atoms with Gasteiger partial charge in [-0.05, 0) is 31.2 Å². The zero-order valence-electron chi connectivity index (χ0n) is 15.6. The third kappa shape index (κ3) is 2.58. The quantitative estimate of drug-likeness (QED) is 0.751. The number of ether oxygens (including phenoxy) is 4. The summed E-state index contributed by atoms with van der Waals surface area (Å²) in [4.78, 5) is 37.1. The summed E-state index contributed by atoms with van der Waals surface area (Å²) in [5.74, 6) is 0.603. The molecule has 2 aromatic rings. The molecule has 0 saturated carbocycles. The minimum absolute atomic E-state index is 0.0374. The normalized spacial score (nSPS) is 21.2. The summed E-state index contributed by atoms with van der Waals surface area (Å²) < 4.78 is 21.3. The smallest absolute Gasteiger partial charge is 0.295 e. The Hall–Kier alpha value is -3.19. The molecule has 0 bridgehead atoms. The van der Waals surface area contributed by atoms with Gasteiger partial charge in [0.25, 0.3) is 6.47 Å². The van der Waals surface area contributed by atoms with E-state index in [-0.39, 0.29) is 24.5 Å². The number of ketones is 2. The second-order valence-electron chi connectivity index (χ2n) is 6.61. The zero-order valence-corrected chi connectivity index (χ0v) is 15.6. The molecular formula is C21H18O7. The molecular weight excluding hydrogens is 364 g/mol. The van der Waals surface area contributed by atoms with E-state index in [0.29, 0.717) is 44.5 Å². The van der Waals surface area contributed by atoms with E-state index in [1.807, 2.05) is 0 Å². The molecule has 144 valence electrons. The van der Waals surface area contributed by atoms with Crippen LogP contribution in [-0.2, 0) is 14.3 Å². The van der Waals surface area contributed by atoms with E-state index in [4.69, 9.17) is 18.9 Å². The van der Waals surface area contributed by atoms with E-state index in [9.17, 15) is 14.4 Å². The van der Waals surface area contributed by atoms with Gasteiger partial charge in [-0.25, -0.2) is 0 Å². The first-order chi connectivity index (χ1) is 13.5. The summed E-state index contributed by atoms with van der Waals surface area (Å²) in [5, 5.41) is 1.35. The molecule has 2 aliphatic rings. The molecule has 0 radical (unpaired) electrons. The molecule has 0 N–H and O–H groups in total. The van der Waals surface area contributed by atoms with Crippen LogP contribution in [0.2, 0.25) is 0 Å². The molecule has 2 aromatic carbocycles. The number of methoxy groups -OCH3 is 2. The fourth-order valence-corrected chi connectivity index (χ4v) is 3.92. The number of Topliss-reactive ketones (excluding diaryl/α,β-unsaturated/α-hetero) is 2. The van der Waals surface area contributed by atoms with E-state index in [0.717, 1.165) is 0 Å². The second kappa shape index (κ2) is 6.76. The SMILES string of the molecule is COc1ccc(OC)c2cc3c(cc12)C(=O)C1=C(C3=O)C(C)OC(OC=O)C1. The van der Waals surface area contributed by atoms with Gasteiger partial charge < -0.3 is 18.9 Å². The number of hydrogen-bond donors (Lipinski definition) is 0. The lowest BCUT2D eigenvalue weighted by Crippen LogP contribution is -2.38. The average molecular weight is 382 g/mol. The van der Waals surface area contributed by atoms with Gasteiger partial charge in [0.2, 0.25) is 6.29 Å². The van der Waals surface area contributed by atoms with Crippen LogP contribution in [0.25, 0.3) is 10.8 Å². The molecule has 1 heterocycles. The monoisotopic (exact) mass is 382 g/mol. The lowest BCUT2D eigenvalue weighted by molar-refractivity contribution is -0.172. The van der Waals surface area contributed by atoms with Crippen molar-refractivity contribution < 1.29 is 33.3 Å². The summed E-state index contributed by atoms with van der Waals surface area (Å²) in [6, 6.07) is 6.82. The molecule has 2 unspecified atom stereocenters. The second-order valence-corrected chi connectivity index (χ2v) is 6.61. The Balaban J connectivity index is 1.93. The molecule has 28 heavy (non-hydrogen) atoms. The van der Waals surface area contributed by atoms with Crippen molar-refractivity contribution in [2.45, 2.75) is 25.7 Å². The maximum Gasteiger partial charge on any atom is 0.295 e. The Morgan fingerprint density at radius 2 is 1.57 bits per heavy atom. The Morgan fingerprint density at radius 1 is 1.00 bits per heavy atom. The summed E-state index contributed by atoms with van der Waals surface area (Å²) in [6.07, 6.45) is -1.52. The maximum absolute atomic E-state index is 13.2. The summed E-state index contributed by atoms with van der Waals surface area (Å²) >= 11 is 0. The van der Waals surface area contributed by atoms with Crippen LogP contribution >= 0.6 is 0 Å². The Bertz CT molecular complexity index is 1050. The van der Waals surface area contributed by atoms with Crippen molar-refractivity contribution in [3.05, 3.63) is 46.5 Å². The number of benzene rings is 2. The van der Waals surface area contributed by atoms with Gasteiger partial charge in [-0.3, -0.25) is 14.4 Å². The van der Waals surface area contributed by atoms with Crippen LogP contribution in [0.15, 0.2) is 35.4 Å². The molecule has 7 heteroatoms. The van der Waals surface area contributed by atoms with E-state index in [2.05, 4.69) is 0 Å². The van der Waals surface area contributed by atoms with Crippen LogP contribution in [0.4, 0.5) is 0 Å².